The lowest BCUT2D eigenvalue weighted by molar-refractivity contribution is -0.134. The van der Waals surface area contributed by atoms with Gasteiger partial charge in [0.15, 0.2) is 0 Å². The van der Waals surface area contributed by atoms with E-state index in [1.807, 2.05) is 0 Å². The van der Waals surface area contributed by atoms with Gasteiger partial charge in [-0.15, -0.1) is 0 Å². The van der Waals surface area contributed by atoms with E-state index in [9.17, 15) is 0 Å². The Labute approximate surface area is 25.5 Å². The fraction of sp³-hybridized carbons (Fsp3) is 0.500. The van der Waals surface area contributed by atoms with Gasteiger partial charge in [0, 0.05) is 8.35 Å². The first-order chi connectivity index (χ1) is 1.73. The second-order valence-electron chi connectivity index (χ2n) is 0.519. The lowest BCUT2D eigenvalue weighted by atomic mass is 10.9. The predicted molar refractivity (Wildman–Crippen MR) is 15.4 cm³/mol. The molecular weight excluding hydrogens is 56.0 g/mol. The average molecular weight is 64.1 g/mol. The Bertz CT molecular complexity index is 30.6. The number of hydrogen-bond acceptors (Lipinski definition) is 1. The summed E-state index contributed by atoms with van der Waals surface area (Å²) in [7, 11) is 0. The molecule has 0 unspecified atom stereocenters. The van der Waals surface area contributed by atoms with Crippen LogP contribution in [0.5, 0.6) is 0 Å². The highest BCUT2D eigenvalue weighted by atomic mass is 16.4. The number of hydrogen-bond donors (Lipinski definition) is 1. The lowest BCUT2D eigenvalue weighted by Crippen LogP contribution is -1.78. The Morgan fingerprint density at radius 3 is 2.25 bits per heavy atom. The molecule has 1 N–H and O–H groups in total. The van der Waals surface area contributed by atoms with Gasteiger partial charge in [-0.05, 0) is 0 Å². The fourth-order valence-electron chi connectivity index (χ4n) is 0. The van der Waals surface area contributed by atoms with Crippen molar-refractivity contribution >= 4 is 5.97 Å². The van der Waals surface area contributed by atoms with Crippen molar-refractivity contribution < 1.29 is 11.3 Å². The lowest BCUT2D eigenvalue weighted by Gasteiger charge is -1.59. The molecule has 0 aliphatic rings. The summed E-state index contributed by atoms with van der Waals surface area (Å²) in [4.78, 5) is 9.00. The molecule has 0 atom stereocenters. The van der Waals surface area contributed by atoms with Crippen LogP contribution in [0, 0.1) is 0 Å². The van der Waals surface area contributed by atoms with Crippen LogP contribution in [0.15, 0.2) is 0 Å². The van der Waals surface area contributed by atoms with Crippen molar-refractivity contribution in [2.24, 2.45) is 0 Å². The van der Waals surface area contributed by atoms with E-state index in [1.54, 1.807) is 0 Å². The molecule has 0 bridgehead atoms. The molecule has 0 aliphatic heterocycles. The molecule has 0 fully saturated rings. The van der Waals surface area contributed by atoms with Crippen LogP contribution in [0.2, 0.25) is 0 Å². The van der Waals surface area contributed by atoms with Crippen LogP contribution in [0.1, 0.15) is 8.35 Å². The monoisotopic (exact) mass is 64.0 g/mol. The number of aliphatic carboxylic acids is 1. The van der Waals surface area contributed by atoms with Crippen LogP contribution >= 0.6 is 0 Å². The third-order valence-corrected chi connectivity index (χ3v) is 0. The van der Waals surface area contributed by atoms with Crippen molar-refractivity contribution in [2.45, 2.75) is 6.92 Å². The van der Waals surface area contributed by atoms with Gasteiger partial charge in [0.05, 0.1) is 0 Å². The van der Waals surface area contributed by atoms with Gasteiger partial charge < -0.3 is 5.11 Å². The second kappa shape index (κ2) is 0.875. The maximum atomic E-state index is 9.00. The summed E-state index contributed by atoms with van der Waals surface area (Å²) in [5, 5.41) is 7.42. The van der Waals surface area contributed by atoms with E-state index >= 15 is 0 Å². The predicted octanol–water partition coefficient (Wildman–Crippen LogP) is 0.337. The summed E-state index contributed by atoms with van der Waals surface area (Å²) in [6.07, 6.45) is 0. The molecule has 0 heterocycles. The summed E-state index contributed by atoms with van der Waals surface area (Å²) < 4.78 is 0. The van der Waals surface area contributed by atoms with Crippen molar-refractivity contribution in [3.05, 3.63) is 0 Å². The summed E-state index contributed by atoms with van der Waals surface area (Å²) in [5.41, 5.74) is 0. The average Bonchev–Trinajstić information content (AvgIpc) is 0.811. The molecule has 0 saturated carbocycles. The summed E-state index contributed by atoms with van der Waals surface area (Å²) in [6, 6.07) is 0. The SMILES string of the molecule is CC(=O)O.[3HH]. The van der Waals surface area contributed by atoms with Crippen molar-refractivity contribution in [3.8, 4) is 0 Å². The normalized spacial score (nSPS) is 6.25. The minimum absolute atomic E-state index is 0. The molecule has 2 nitrogen and oxygen atoms in total. The highest BCUT2D eigenvalue weighted by Crippen LogP contribution is 1.42. The topological polar surface area (TPSA) is 37.3 Å². The maximum Gasteiger partial charge on any atom is 0.300 e. The van der Waals surface area contributed by atoms with Crippen LogP contribution in [-0.2, 0) is 4.79 Å². The highest BCUT2D eigenvalue weighted by molar-refractivity contribution is 5.62. The molecule has 26 valence electrons. The Balaban J connectivity index is 0. The molecule has 0 spiro atoms. The van der Waals surface area contributed by atoms with Gasteiger partial charge in [0.1, 0.15) is 0 Å². The van der Waals surface area contributed by atoms with Gasteiger partial charge in [-0.25, -0.2) is 0 Å². The number of rotatable bonds is 0. The Hall–Kier alpha value is -0.530. The van der Waals surface area contributed by atoms with Crippen molar-refractivity contribution in [2.75, 3.05) is 0 Å². The van der Waals surface area contributed by atoms with Crippen molar-refractivity contribution in [1.82, 2.24) is 0 Å². The largest absolute Gasteiger partial charge is 0.481 e. The van der Waals surface area contributed by atoms with E-state index in [4.69, 9.17) is 9.90 Å². The molecule has 2 heteroatoms. The van der Waals surface area contributed by atoms with Crippen molar-refractivity contribution in [3.63, 3.8) is 0 Å². The van der Waals surface area contributed by atoms with E-state index in [0.29, 0.717) is 0 Å². The molecular formula is C2H6O2. The number of carbonyl (C=O) groups is 1. The first-order valence-corrected chi connectivity index (χ1v) is 0.928. The zero-order valence-corrected chi connectivity index (χ0v) is 2.36. The first-order valence-electron chi connectivity index (χ1n) is 0.928. The molecule has 0 aromatic heterocycles. The van der Waals surface area contributed by atoms with E-state index in [-0.39, 0.29) is 1.43 Å². The van der Waals surface area contributed by atoms with Crippen LogP contribution < -0.4 is 0 Å². The molecule has 0 saturated heterocycles. The Kier molecular flexibility index (Phi) is 0.759. The fourth-order valence-corrected chi connectivity index (χ4v) is 0. The van der Waals surface area contributed by atoms with Gasteiger partial charge in [-0.3, -0.25) is 4.79 Å². The van der Waals surface area contributed by atoms with Gasteiger partial charge in [-0.1, -0.05) is 0 Å². The zero-order valence-electron chi connectivity index (χ0n) is 2.36. The summed E-state index contributed by atoms with van der Waals surface area (Å²) in [6.45, 7) is 1.08. The molecule has 0 radical (unpaired) electrons. The number of carboxylic acids is 1. The van der Waals surface area contributed by atoms with Crippen LogP contribution in [0.4, 0.5) is 0 Å². The van der Waals surface area contributed by atoms with E-state index in [1.165, 1.54) is 0 Å². The molecule has 4 heavy (non-hydrogen) atoms. The minimum atomic E-state index is -0.833. The van der Waals surface area contributed by atoms with Crippen molar-refractivity contribution in [1.29, 1.82) is 0 Å². The van der Waals surface area contributed by atoms with Crippen LogP contribution in [0.3, 0.4) is 0 Å². The molecule has 0 aromatic rings. The molecule has 0 amide bonds. The Morgan fingerprint density at radius 2 is 2.25 bits per heavy atom. The molecule has 0 aromatic carbocycles. The Morgan fingerprint density at radius 1 is 2.25 bits per heavy atom. The second-order valence-corrected chi connectivity index (χ2v) is 0.519. The van der Waals surface area contributed by atoms with Crippen LogP contribution in [-0.4, -0.2) is 11.1 Å². The standard InChI is InChI=1S/C2H4O2.H2/c1-2(3)4;/h1H3,(H,3,4);1H/i;1+2. The summed E-state index contributed by atoms with van der Waals surface area (Å²) >= 11 is 0. The third-order valence-electron chi connectivity index (χ3n) is 0. The van der Waals surface area contributed by atoms with E-state index in [0.717, 1.165) is 6.92 Å². The van der Waals surface area contributed by atoms with Crippen LogP contribution in [0.25, 0.3) is 0 Å². The summed E-state index contributed by atoms with van der Waals surface area (Å²) in [5.74, 6) is -0.833. The van der Waals surface area contributed by atoms with E-state index < -0.39 is 5.97 Å². The minimum Gasteiger partial charge on any atom is -0.481 e. The van der Waals surface area contributed by atoms with Gasteiger partial charge in [0.25, 0.3) is 5.97 Å². The number of carboxylic acid groups (broad SMARTS) is 1. The molecule has 0 rings (SSSR count). The smallest absolute Gasteiger partial charge is 0.300 e. The third kappa shape index (κ3) is 1.16. The van der Waals surface area contributed by atoms with Gasteiger partial charge in [0.2, 0.25) is 0 Å². The maximum absolute atomic E-state index is 9.00. The van der Waals surface area contributed by atoms with Gasteiger partial charge in [-0.2, -0.15) is 0 Å². The zero-order chi connectivity index (χ0) is 3.58. The van der Waals surface area contributed by atoms with E-state index in [2.05, 4.69) is 0 Å². The highest BCUT2D eigenvalue weighted by Gasteiger charge is 1.65. The molecule has 0 aliphatic carbocycles. The quantitative estimate of drug-likeness (QED) is 0.441. The van der Waals surface area contributed by atoms with Gasteiger partial charge >= 0.3 is 0 Å². The first kappa shape index (κ1) is 3.47.